The maximum absolute atomic E-state index is 5.62. The molecule has 2 aromatic rings. The first-order valence-electron chi connectivity index (χ1n) is 5.38. The van der Waals surface area contributed by atoms with Crippen molar-refractivity contribution in [2.24, 2.45) is 12.9 Å². The van der Waals surface area contributed by atoms with Gasteiger partial charge in [0.2, 0.25) is 0 Å². The maximum atomic E-state index is 5.62. The van der Waals surface area contributed by atoms with Gasteiger partial charge in [-0.15, -0.1) is 0 Å². The molecular weight excluding hydrogens is 327 g/mol. The lowest BCUT2D eigenvalue weighted by atomic mass is 10.0. The molecule has 3 N–H and O–H groups in total. The van der Waals surface area contributed by atoms with Crippen molar-refractivity contribution >= 4 is 22.6 Å². The lowest BCUT2D eigenvalue weighted by Crippen LogP contribution is -2.30. The van der Waals surface area contributed by atoms with E-state index in [9.17, 15) is 0 Å². The molecule has 0 aliphatic carbocycles. The van der Waals surface area contributed by atoms with Gasteiger partial charge in [0.15, 0.2) is 0 Å². The minimum atomic E-state index is 0.0908. The van der Waals surface area contributed by atoms with Crippen LogP contribution >= 0.6 is 22.6 Å². The van der Waals surface area contributed by atoms with Crippen LogP contribution in [0.15, 0.2) is 36.7 Å². The summed E-state index contributed by atoms with van der Waals surface area (Å²) in [5, 5.41) is 0. The van der Waals surface area contributed by atoms with Crippen molar-refractivity contribution in [3.63, 3.8) is 0 Å². The van der Waals surface area contributed by atoms with Crippen LogP contribution in [0.3, 0.4) is 0 Å². The van der Waals surface area contributed by atoms with Crippen LogP contribution in [-0.2, 0) is 13.5 Å². The zero-order chi connectivity index (χ0) is 12.3. The van der Waals surface area contributed by atoms with Gasteiger partial charge >= 0.3 is 0 Å². The lowest BCUT2D eigenvalue weighted by Gasteiger charge is -2.16. The largest absolute Gasteiger partial charge is 0.338 e. The summed E-state index contributed by atoms with van der Waals surface area (Å²) in [7, 11) is 1.99. The van der Waals surface area contributed by atoms with Gasteiger partial charge in [0.25, 0.3) is 0 Å². The predicted octanol–water partition coefficient (Wildman–Crippen LogP) is 1.77. The summed E-state index contributed by atoms with van der Waals surface area (Å²) in [6.45, 7) is 0. The normalized spacial score (nSPS) is 12.6. The molecule has 5 heteroatoms. The van der Waals surface area contributed by atoms with Gasteiger partial charge in [-0.3, -0.25) is 11.3 Å². The molecule has 0 fully saturated rings. The number of nitrogens with two attached hydrogens (primary N) is 1. The molecular formula is C12H15IN4. The molecule has 2 rings (SSSR count). The van der Waals surface area contributed by atoms with Gasteiger partial charge in [0.05, 0.1) is 6.04 Å². The second kappa shape index (κ2) is 5.61. The number of imidazole rings is 1. The highest BCUT2D eigenvalue weighted by atomic mass is 127. The molecule has 1 aromatic heterocycles. The number of hydrogen-bond donors (Lipinski definition) is 2. The monoisotopic (exact) mass is 342 g/mol. The Bertz CT molecular complexity index is 478. The van der Waals surface area contributed by atoms with Crippen molar-refractivity contribution in [2.75, 3.05) is 0 Å². The van der Waals surface area contributed by atoms with Crippen LogP contribution < -0.4 is 11.3 Å². The molecule has 0 saturated carbocycles. The van der Waals surface area contributed by atoms with E-state index in [2.05, 4.69) is 57.3 Å². The molecule has 0 spiro atoms. The topological polar surface area (TPSA) is 55.9 Å². The highest BCUT2D eigenvalue weighted by molar-refractivity contribution is 14.1. The third-order valence-corrected chi connectivity index (χ3v) is 3.50. The molecule has 0 aliphatic heterocycles. The first kappa shape index (κ1) is 12.5. The van der Waals surface area contributed by atoms with Gasteiger partial charge in [-0.25, -0.2) is 4.98 Å². The summed E-state index contributed by atoms with van der Waals surface area (Å²) in [6.07, 6.45) is 4.52. The Balaban J connectivity index is 2.17. The van der Waals surface area contributed by atoms with Crippen molar-refractivity contribution in [3.8, 4) is 0 Å². The number of aryl methyl sites for hydroxylation is 1. The number of nitrogens with zero attached hydrogens (tertiary/aromatic N) is 2. The molecule has 1 aromatic carbocycles. The zero-order valence-electron chi connectivity index (χ0n) is 9.60. The van der Waals surface area contributed by atoms with Crippen molar-refractivity contribution in [2.45, 2.75) is 12.5 Å². The fraction of sp³-hybridized carbons (Fsp3) is 0.250. The summed E-state index contributed by atoms with van der Waals surface area (Å²) in [6, 6.07) is 8.44. The highest BCUT2D eigenvalue weighted by Crippen LogP contribution is 2.18. The van der Waals surface area contributed by atoms with Gasteiger partial charge in [0.1, 0.15) is 5.82 Å². The molecule has 0 radical (unpaired) electrons. The Hall–Kier alpha value is -0.920. The Labute approximate surface area is 114 Å². The molecule has 0 amide bonds. The fourth-order valence-electron chi connectivity index (χ4n) is 1.74. The summed E-state index contributed by atoms with van der Waals surface area (Å²) in [5.41, 5.74) is 4.02. The van der Waals surface area contributed by atoms with Crippen LogP contribution in [0, 0.1) is 3.57 Å². The molecule has 0 bridgehead atoms. The first-order valence-corrected chi connectivity index (χ1v) is 6.46. The fourth-order valence-corrected chi connectivity index (χ4v) is 2.10. The number of nitrogens with one attached hydrogen (secondary N) is 1. The summed E-state index contributed by atoms with van der Waals surface area (Å²) >= 11 is 2.29. The molecule has 1 unspecified atom stereocenters. The van der Waals surface area contributed by atoms with Crippen LogP contribution in [0.5, 0.6) is 0 Å². The molecule has 4 nitrogen and oxygen atoms in total. The Kier molecular flexibility index (Phi) is 4.14. The number of hydrogen-bond acceptors (Lipinski definition) is 3. The van der Waals surface area contributed by atoms with Crippen molar-refractivity contribution < 1.29 is 0 Å². The van der Waals surface area contributed by atoms with Crippen LogP contribution in [0.2, 0.25) is 0 Å². The number of aromatic nitrogens is 2. The van der Waals surface area contributed by atoms with E-state index < -0.39 is 0 Å². The molecule has 1 atom stereocenters. The van der Waals surface area contributed by atoms with E-state index in [-0.39, 0.29) is 6.04 Å². The first-order chi connectivity index (χ1) is 8.20. The third-order valence-electron chi connectivity index (χ3n) is 2.78. The van der Waals surface area contributed by atoms with Gasteiger partial charge in [-0.2, -0.15) is 0 Å². The predicted molar refractivity (Wildman–Crippen MR) is 76.1 cm³/mol. The maximum Gasteiger partial charge on any atom is 0.110 e. The average Bonchev–Trinajstić information content (AvgIpc) is 2.73. The van der Waals surface area contributed by atoms with Crippen molar-refractivity contribution in [1.29, 1.82) is 0 Å². The van der Waals surface area contributed by atoms with Crippen LogP contribution in [0.4, 0.5) is 0 Å². The van der Waals surface area contributed by atoms with Crippen LogP contribution in [0.25, 0.3) is 0 Å². The SMILES string of the molecule is Cn1ccnc1CC(NN)c1ccc(I)cc1. The minimum absolute atomic E-state index is 0.0908. The van der Waals surface area contributed by atoms with Crippen LogP contribution in [0.1, 0.15) is 17.4 Å². The molecule has 1 heterocycles. The molecule has 17 heavy (non-hydrogen) atoms. The van der Waals surface area contributed by atoms with E-state index in [4.69, 9.17) is 5.84 Å². The van der Waals surface area contributed by atoms with E-state index in [1.165, 1.54) is 9.13 Å². The standard InChI is InChI=1S/C12H15IN4/c1-17-7-6-15-12(17)8-11(16-14)9-2-4-10(13)5-3-9/h2-7,11,16H,8,14H2,1H3. The van der Waals surface area contributed by atoms with Crippen molar-refractivity contribution in [3.05, 3.63) is 51.6 Å². The summed E-state index contributed by atoms with van der Waals surface area (Å²) in [5.74, 6) is 6.64. The second-order valence-corrected chi connectivity index (χ2v) is 5.17. The van der Waals surface area contributed by atoms with Gasteiger partial charge in [-0.1, -0.05) is 12.1 Å². The summed E-state index contributed by atoms with van der Waals surface area (Å²) < 4.78 is 3.23. The van der Waals surface area contributed by atoms with E-state index in [1.54, 1.807) is 6.20 Å². The average molecular weight is 342 g/mol. The zero-order valence-corrected chi connectivity index (χ0v) is 11.8. The molecule has 90 valence electrons. The Morgan fingerprint density at radius 1 is 1.41 bits per heavy atom. The van der Waals surface area contributed by atoms with E-state index in [0.717, 1.165) is 12.2 Å². The second-order valence-electron chi connectivity index (χ2n) is 3.93. The van der Waals surface area contributed by atoms with E-state index in [0.29, 0.717) is 0 Å². The van der Waals surface area contributed by atoms with Gasteiger partial charge in [-0.05, 0) is 40.3 Å². The lowest BCUT2D eigenvalue weighted by molar-refractivity contribution is 0.530. The molecule has 0 aliphatic rings. The quantitative estimate of drug-likeness (QED) is 0.506. The number of rotatable bonds is 4. The van der Waals surface area contributed by atoms with Gasteiger partial charge < -0.3 is 4.57 Å². The number of benzene rings is 1. The van der Waals surface area contributed by atoms with E-state index >= 15 is 0 Å². The highest BCUT2D eigenvalue weighted by Gasteiger charge is 2.12. The van der Waals surface area contributed by atoms with Crippen LogP contribution in [-0.4, -0.2) is 9.55 Å². The third kappa shape index (κ3) is 3.05. The molecule has 0 saturated heterocycles. The Morgan fingerprint density at radius 3 is 2.65 bits per heavy atom. The van der Waals surface area contributed by atoms with E-state index in [1.807, 2.05) is 17.8 Å². The Morgan fingerprint density at radius 2 is 2.12 bits per heavy atom. The number of halogens is 1. The summed E-state index contributed by atoms with van der Waals surface area (Å²) in [4.78, 5) is 4.31. The smallest absolute Gasteiger partial charge is 0.110 e. The van der Waals surface area contributed by atoms with Gasteiger partial charge in [0, 0.05) is 29.4 Å². The minimum Gasteiger partial charge on any atom is -0.338 e. The number of hydrazine groups is 1. The van der Waals surface area contributed by atoms with Crippen molar-refractivity contribution in [1.82, 2.24) is 15.0 Å².